The van der Waals surface area contributed by atoms with Gasteiger partial charge in [0.2, 0.25) is 0 Å². The number of hydrogen-bond donors (Lipinski definition) is 1. The van der Waals surface area contributed by atoms with Gasteiger partial charge in [-0.25, -0.2) is 0 Å². The lowest BCUT2D eigenvalue weighted by atomic mass is 9.86. The molecule has 2 heterocycles. The van der Waals surface area contributed by atoms with E-state index in [1.165, 1.54) is 32.1 Å². The Morgan fingerprint density at radius 1 is 1.11 bits per heavy atom. The Hall–Kier alpha value is -1.09. The molecule has 2 aliphatic rings. The van der Waals surface area contributed by atoms with Crippen molar-refractivity contribution in [3.63, 3.8) is 0 Å². The molecule has 0 amide bonds. The first kappa shape index (κ1) is 12.0. The Labute approximate surface area is 109 Å². The number of aromatic amines is 1. The van der Waals surface area contributed by atoms with Gasteiger partial charge in [0.1, 0.15) is 0 Å². The van der Waals surface area contributed by atoms with Crippen LogP contribution in [0.4, 0.5) is 0 Å². The molecular formula is C15H22N2O. The van der Waals surface area contributed by atoms with Crippen LogP contribution in [-0.4, -0.2) is 34.3 Å². The van der Waals surface area contributed by atoms with Crippen molar-refractivity contribution >= 4 is 5.78 Å². The maximum Gasteiger partial charge on any atom is 0.199 e. The van der Waals surface area contributed by atoms with Crippen molar-refractivity contribution in [2.45, 2.75) is 50.5 Å². The first-order valence-electron chi connectivity index (χ1n) is 7.26. The lowest BCUT2D eigenvalue weighted by molar-refractivity contribution is 0.0473. The Bertz CT molecular complexity index is 398. The van der Waals surface area contributed by atoms with Gasteiger partial charge in [0.15, 0.2) is 5.78 Å². The molecule has 0 unspecified atom stereocenters. The van der Waals surface area contributed by atoms with Crippen LogP contribution in [0.15, 0.2) is 18.3 Å². The molecule has 0 radical (unpaired) electrons. The molecule has 0 atom stereocenters. The van der Waals surface area contributed by atoms with Gasteiger partial charge in [-0.1, -0.05) is 19.3 Å². The topological polar surface area (TPSA) is 36.1 Å². The third-order valence-corrected chi connectivity index (χ3v) is 4.66. The first-order valence-corrected chi connectivity index (χ1v) is 7.26. The summed E-state index contributed by atoms with van der Waals surface area (Å²) in [5.41, 5.74) is 0.605. The van der Waals surface area contributed by atoms with E-state index in [0.717, 1.165) is 31.6 Å². The largest absolute Gasteiger partial charge is 0.359 e. The third kappa shape index (κ3) is 1.91. The molecule has 2 fully saturated rings. The summed E-state index contributed by atoms with van der Waals surface area (Å²) in [6.07, 6.45) is 10.2. The van der Waals surface area contributed by atoms with E-state index in [4.69, 9.17) is 0 Å². The SMILES string of the molecule is O=C(c1ccc[nH]1)C1(N2CCCCC2)CCCC1. The summed E-state index contributed by atoms with van der Waals surface area (Å²) in [5, 5.41) is 0. The van der Waals surface area contributed by atoms with Crippen LogP contribution >= 0.6 is 0 Å². The number of nitrogens with one attached hydrogen (secondary N) is 1. The number of piperidine rings is 1. The predicted molar refractivity (Wildman–Crippen MR) is 71.7 cm³/mol. The van der Waals surface area contributed by atoms with Crippen molar-refractivity contribution in [3.05, 3.63) is 24.0 Å². The van der Waals surface area contributed by atoms with Crippen LogP contribution < -0.4 is 0 Å². The number of nitrogens with zero attached hydrogens (tertiary/aromatic N) is 1. The van der Waals surface area contributed by atoms with E-state index in [1.807, 2.05) is 18.3 Å². The number of H-pyrrole nitrogens is 1. The van der Waals surface area contributed by atoms with E-state index in [1.54, 1.807) is 0 Å². The molecule has 1 N–H and O–H groups in total. The summed E-state index contributed by atoms with van der Waals surface area (Å²) < 4.78 is 0. The number of rotatable bonds is 3. The fourth-order valence-corrected chi connectivity index (χ4v) is 3.69. The number of hydrogen-bond acceptors (Lipinski definition) is 2. The van der Waals surface area contributed by atoms with Gasteiger partial charge >= 0.3 is 0 Å². The van der Waals surface area contributed by atoms with Gasteiger partial charge in [-0.05, 0) is 50.9 Å². The monoisotopic (exact) mass is 246 g/mol. The van der Waals surface area contributed by atoms with Crippen LogP contribution in [0.25, 0.3) is 0 Å². The molecule has 18 heavy (non-hydrogen) atoms. The van der Waals surface area contributed by atoms with Crippen molar-refractivity contribution in [2.24, 2.45) is 0 Å². The zero-order valence-electron chi connectivity index (χ0n) is 11.0. The second kappa shape index (κ2) is 4.88. The van der Waals surface area contributed by atoms with Gasteiger partial charge < -0.3 is 4.98 Å². The maximum atomic E-state index is 12.9. The molecule has 1 aromatic heterocycles. The van der Waals surface area contributed by atoms with Crippen molar-refractivity contribution in [2.75, 3.05) is 13.1 Å². The number of aromatic nitrogens is 1. The number of ketones is 1. The van der Waals surface area contributed by atoms with Crippen LogP contribution in [0.1, 0.15) is 55.4 Å². The molecule has 0 aromatic carbocycles. The van der Waals surface area contributed by atoms with Gasteiger partial charge in [-0.3, -0.25) is 9.69 Å². The third-order valence-electron chi connectivity index (χ3n) is 4.66. The Balaban J connectivity index is 1.88. The highest BCUT2D eigenvalue weighted by Gasteiger charge is 2.46. The summed E-state index contributed by atoms with van der Waals surface area (Å²) in [6, 6.07) is 3.85. The van der Waals surface area contributed by atoms with Crippen molar-refractivity contribution in [3.8, 4) is 0 Å². The Morgan fingerprint density at radius 3 is 2.44 bits per heavy atom. The molecule has 1 saturated carbocycles. The van der Waals surface area contributed by atoms with E-state index in [9.17, 15) is 4.79 Å². The van der Waals surface area contributed by atoms with E-state index >= 15 is 0 Å². The van der Waals surface area contributed by atoms with Gasteiger partial charge in [-0.2, -0.15) is 0 Å². The molecule has 1 saturated heterocycles. The molecule has 0 spiro atoms. The zero-order chi connectivity index (χ0) is 12.4. The van der Waals surface area contributed by atoms with Gasteiger partial charge in [-0.15, -0.1) is 0 Å². The molecule has 0 bridgehead atoms. The van der Waals surface area contributed by atoms with Gasteiger partial charge in [0.05, 0.1) is 11.2 Å². The molecule has 1 aliphatic heterocycles. The summed E-state index contributed by atoms with van der Waals surface area (Å²) in [6.45, 7) is 2.21. The quantitative estimate of drug-likeness (QED) is 0.832. The standard InChI is InChI=1S/C15H22N2O/c18-14(13-7-6-10-16-13)15(8-2-3-9-15)17-11-4-1-5-12-17/h6-7,10,16H,1-5,8-9,11-12H2. The first-order chi connectivity index (χ1) is 8.83. The summed E-state index contributed by atoms with van der Waals surface area (Å²) in [4.78, 5) is 18.4. The van der Waals surface area contributed by atoms with Gasteiger partial charge in [0.25, 0.3) is 0 Å². The number of Topliss-reactive ketones (excluding diaryl/α,β-unsaturated/α-hetero) is 1. The van der Waals surface area contributed by atoms with Crippen LogP contribution in [0, 0.1) is 0 Å². The minimum Gasteiger partial charge on any atom is -0.359 e. The van der Waals surface area contributed by atoms with E-state index in [2.05, 4.69) is 9.88 Å². The summed E-state index contributed by atoms with van der Waals surface area (Å²) >= 11 is 0. The highest BCUT2D eigenvalue weighted by atomic mass is 16.1. The highest BCUT2D eigenvalue weighted by molar-refractivity contribution is 6.02. The lowest BCUT2D eigenvalue weighted by Crippen LogP contribution is -2.54. The number of carbonyl (C=O) groups excluding carboxylic acids is 1. The average Bonchev–Trinajstić information content (AvgIpc) is 3.11. The van der Waals surface area contributed by atoms with E-state index in [-0.39, 0.29) is 5.54 Å². The molecule has 3 nitrogen and oxygen atoms in total. The van der Waals surface area contributed by atoms with Crippen molar-refractivity contribution in [1.29, 1.82) is 0 Å². The minimum absolute atomic E-state index is 0.189. The second-order valence-electron chi connectivity index (χ2n) is 5.70. The molecule has 3 heteroatoms. The van der Waals surface area contributed by atoms with E-state index in [0.29, 0.717) is 5.78 Å². The van der Waals surface area contributed by atoms with Crippen LogP contribution in [0.3, 0.4) is 0 Å². The fourth-order valence-electron chi connectivity index (χ4n) is 3.69. The van der Waals surface area contributed by atoms with Crippen LogP contribution in [-0.2, 0) is 0 Å². The van der Waals surface area contributed by atoms with Crippen LogP contribution in [0.5, 0.6) is 0 Å². The Morgan fingerprint density at radius 2 is 1.83 bits per heavy atom. The van der Waals surface area contributed by atoms with Crippen LogP contribution in [0.2, 0.25) is 0 Å². The smallest absolute Gasteiger partial charge is 0.199 e. The van der Waals surface area contributed by atoms with Gasteiger partial charge in [0, 0.05) is 6.20 Å². The minimum atomic E-state index is -0.189. The zero-order valence-corrected chi connectivity index (χ0v) is 11.0. The number of carbonyl (C=O) groups is 1. The molecule has 98 valence electrons. The van der Waals surface area contributed by atoms with Crippen molar-refractivity contribution < 1.29 is 4.79 Å². The molecular weight excluding hydrogens is 224 g/mol. The molecule has 3 rings (SSSR count). The normalized spacial score (nSPS) is 24.2. The number of likely N-dealkylation sites (tertiary alicyclic amines) is 1. The second-order valence-corrected chi connectivity index (χ2v) is 5.70. The lowest BCUT2D eigenvalue weighted by Gasteiger charge is -2.42. The molecule has 1 aliphatic carbocycles. The van der Waals surface area contributed by atoms with Crippen molar-refractivity contribution in [1.82, 2.24) is 9.88 Å². The predicted octanol–water partition coefficient (Wildman–Crippen LogP) is 3.00. The Kier molecular flexibility index (Phi) is 3.25. The fraction of sp³-hybridized carbons (Fsp3) is 0.667. The summed E-state index contributed by atoms with van der Waals surface area (Å²) in [5.74, 6) is 0.326. The average molecular weight is 246 g/mol. The maximum absolute atomic E-state index is 12.9. The highest BCUT2D eigenvalue weighted by Crippen LogP contribution is 2.39. The molecule has 1 aromatic rings. The summed E-state index contributed by atoms with van der Waals surface area (Å²) in [7, 11) is 0. The van der Waals surface area contributed by atoms with E-state index < -0.39 is 0 Å².